The molecule has 0 bridgehead atoms. The first-order valence-electron chi connectivity index (χ1n) is 5.06. The summed E-state index contributed by atoms with van der Waals surface area (Å²) in [4.78, 5) is 21.4. The number of nitro benzene ring substituents is 1. The molecule has 0 aliphatic heterocycles. The topological polar surface area (TPSA) is 120 Å². The van der Waals surface area contributed by atoms with Gasteiger partial charge in [0.25, 0.3) is 5.69 Å². The van der Waals surface area contributed by atoms with Gasteiger partial charge in [-0.25, -0.2) is 0 Å². The number of hydrogen-bond donors (Lipinski definition) is 1. The van der Waals surface area contributed by atoms with Crippen LogP contribution in [0.25, 0.3) is 0 Å². The van der Waals surface area contributed by atoms with E-state index in [2.05, 4.69) is 5.32 Å². The van der Waals surface area contributed by atoms with E-state index in [9.17, 15) is 14.9 Å². The quantitative estimate of drug-likeness (QED) is 0.381. The highest BCUT2D eigenvalue weighted by Crippen LogP contribution is 2.22. The van der Waals surface area contributed by atoms with Crippen molar-refractivity contribution in [3.8, 4) is 12.1 Å². The number of carbonyl (C=O) groups excluding carboxylic acids is 1. The van der Waals surface area contributed by atoms with Crippen LogP contribution in [0, 0.1) is 32.8 Å². The van der Waals surface area contributed by atoms with Crippen molar-refractivity contribution >= 4 is 17.2 Å². The van der Waals surface area contributed by atoms with E-state index in [1.54, 1.807) is 12.1 Å². The summed E-state index contributed by atoms with van der Waals surface area (Å²) in [5.74, 6) is -0.366. The lowest BCUT2D eigenvalue weighted by Gasteiger charge is -2.06. The number of nitrogens with zero attached hydrogens (tertiary/aromatic N) is 3. The fraction of sp³-hybridized carbons (Fsp3) is 0.0833. The first-order valence-corrected chi connectivity index (χ1v) is 5.06. The Labute approximate surface area is 108 Å². The van der Waals surface area contributed by atoms with Crippen molar-refractivity contribution < 1.29 is 9.72 Å². The highest BCUT2D eigenvalue weighted by Gasteiger charge is 2.13. The summed E-state index contributed by atoms with van der Waals surface area (Å²) in [6.07, 6.45) is 1.13. The zero-order valence-corrected chi connectivity index (χ0v) is 9.88. The number of rotatable bonds is 4. The van der Waals surface area contributed by atoms with E-state index in [4.69, 9.17) is 10.5 Å². The van der Waals surface area contributed by atoms with Crippen molar-refractivity contribution in [2.45, 2.75) is 6.92 Å². The van der Waals surface area contributed by atoms with Crippen LogP contribution in [0.1, 0.15) is 17.3 Å². The molecule has 7 nitrogen and oxygen atoms in total. The zero-order chi connectivity index (χ0) is 14.4. The molecule has 0 heterocycles. The normalized spacial score (nSPS) is 8.79. The summed E-state index contributed by atoms with van der Waals surface area (Å²) >= 11 is 0. The molecule has 0 unspecified atom stereocenters. The van der Waals surface area contributed by atoms with E-state index < -0.39 is 4.92 Å². The molecule has 0 radical (unpaired) electrons. The Morgan fingerprint density at radius 2 is 2.05 bits per heavy atom. The number of nitro groups is 1. The van der Waals surface area contributed by atoms with E-state index in [0.717, 1.165) is 12.3 Å². The molecule has 0 atom stereocenters. The number of benzene rings is 1. The maximum absolute atomic E-state index is 11.4. The molecular weight excluding hydrogens is 248 g/mol. The van der Waals surface area contributed by atoms with Crippen molar-refractivity contribution in [1.29, 1.82) is 10.5 Å². The van der Waals surface area contributed by atoms with Gasteiger partial charge in [-0.15, -0.1) is 0 Å². The number of ketones is 1. The van der Waals surface area contributed by atoms with E-state index in [1.807, 2.05) is 0 Å². The monoisotopic (exact) mass is 256 g/mol. The number of hydrogen-bond acceptors (Lipinski definition) is 6. The molecule has 0 aliphatic carbocycles. The van der Waals surface area contributed by atoms with Gasteiger partial charge in [0.1, 0.15) is 17.7 Å². The number of carbonyl (C=O) groups is 1. The number of non-ortho nitro benzene ring substituents is 1. The minimum Gasteiger partial charge on any atom is -0.359 e. The number of anilines is 1. The zero-order valence-electron chi connectivity index (χ0n) is 9.88. The van der Waals surface area contributed by atoms with Crippen LogP contribution in [-0.2, 0) is 0 Å². The number of nitrogens with one attached hydrogen (secondary N) is 1. The fourth-order valence-electron chi connectivity index (χ4n) is 1.30. The van der Waals surface area contributed by atoms with Gasteiger partial charge in [-0.05, 0) is 13.0 Å². The van der Waals surface area contributed by atoms with Gasteiger partial charge in [-0.3, -0.25) is 14.9 Å². The lowest BCUT2D eigenvalue weighted by Crippen LogP contribution is -2.01. The fourth-order valence-corrected chi connectivity index (χ4v) is 1.30. The molecule has 7 heteroatoms. The van der Waals surface area contributed by atoms with Crippen LogP contribution in [0.2, 0.25) is 0 Å². The standard InChI is InChI=1S/C12H8N4O3/c1-8(17)11-4-10(16(18)19)2-3-12(11)15-7-9(5-13)6-14/h2-4,7,15H,1H3. The SMILES string of the molecule is CC(=O)c1cc([N+](=O)[O-])ccc1NC=C(C#N)C#N. The van der Waals surface area contributed by atoms with Gasteiger partial charge in [-0.1, -0.05) is 0 Å². The Morgan fingerprint density at radius 3 is 2.53 bits per heavy atom. The molecule has 94 valence electrons. The minimum absolute atomic E-state index is 0.112. The van der Waals surface area contributed by atoms with Crippen molar-refractivity contribution in [2.24, 2.45) is 0 Å². The third-order valence-electron chi connectivity index (χ3n) is 2.21. The number of Topliss-reactive ketones (excluding diaryl/α,β-unsaturated/α-hetero) is 1. The van der Waals surface area contributed by atoms with E-state index in [-0.39, 0.29) is 22.6 Å². The summed E-state index contributed by atoms with van der Waals surface area (Å²) in [6, 6.07) is 6.99. The molecule has 0 aliphatic rings. The molecule has 0 fully saturated rings. The van der Waals surface area contributed by atoms with Gasteiger partial charge in [0.2, 0.25) is 0 Å². The minimum atomic E-state index is -0.609. The van der Waals surface area contributed by atoms with Crippen LogP contribution >= 0.6 is 0 Å². The molecule has 1 rings (SSSR count). The molecule has 0 spiro atoms. The summed E-state index contributed by atoms with van der Waals surface area (Å²) in [5.41, 5.74) is 0.0233. The summed E-state index contributed by atoms with van der Waals surface area (Å²) in [5, 5.41) is 30.4. The van der Waals surface area contributed by atoms with Crippen LogP contribution in [-0.4, -0.2) is 10.7 Å². The molecule has 0 saturated carbocycles. The first-order chi connectivity index (χ1) is 8.99. The third-order valence-corrected chi connectivity index (χ3v) is 2.21. The van der Waals surface area contributed by atoms with Gasteiger partial charge in [-0.2, -0.15) is 10.5 Å². The van der Waals surface area contributed by atoms with Crippen molar-refractivity contribution in [1.82, 2.24) is 0 Å². The molecule has 1 N–H and O–H groups in total. The molecule has 1 aromatic rings. The Balaban J connectivity index is 3.19. The van der Waals surface area contributed by atoms with Gasteiger partial charge >= 0.3 is 0 Å². The highest BCUT2D eigenvalue weighted by atomic mass is 16.6. The average Bonchev–Trinajstić information content (AvgIpc) is 2.39. The predicted molar refractivity (Wildman–Crippen MR) is 66.0 cm³/mol. The number of nitriles is 2. The van der Waals surface area contributed by atoms with E-state index in [0.29, 0.717) is 5.69 Å². The van der Waals surface area contributed by atoms with Gasteiger partial charge in [0.15, 0.2) is 5.78 Å². The van der Waals surface area contributed by atoms with Crippen molar-refractivity contribution in [2.75, 3.05) is 5.32 Å². The van der Waals surface area contributed by atoms with Gasteiger partial charge < -0.3 is 5.32 Å². The Morgan fingerprint density at radius 1 is 1.42 bits per heavy atom. The van der Waals surface area contributed by atoms with E-state index >= 15 is 0 Å². The highest BCUT2D eigenvalue weighted by molar-refractivity contribution is 6.00. The maximum atomic E-state index is 11.4. The Kier molecular flexibility index (Phi) is 4.34. The molecule has 19 heavy (non-hydrogen) atoms. The molecule has 0 aromatic heterocycles. The van der Waals surface area contributed by atoms with Crippen LogP contribution in [0.5, 0.6) is 0 Å². The Hall–Kier alpha value is -3.19. The number of allylic oxidation sites excluding steroid dienone is 1. The lowest BCUT2D eigenvalue weighted by atomic mass is 10.1. The summed E-state index contributed by atoms with van der Waals surface area (Å²) in [6.45, 7) is 1.27. The predicted octanol–water partition coefficient (Wildman–Crippen LogP) is 2.14. The molecular formula is C12H8N4O3. The summed E-state index contributed by atoms with van der Waals surface area (Å²) in [7, 11) is 0. The van der Waals surface area contributed by atoms with Crippen molar-refractivity contribution in [3.63, 3.8) is 0 Å². The maximum Gasteiger partial charge on any atom is 0.270 e. The molecule has 0 saturated heterocycles. The second-order valence-electron chi connectivity index (χ2n) is 3.47. The first kappa shape index (κ1) is 13.9. The van der Waals surface area contributed by atoms with Crippen LogP contribution in [0.15, 0.2) is 30.0 Å². The van der Waals surface area contributed by atoms with E-state index in [1.165, 1.54) is 19.1 Å². The van der Waals surface area contributed by atoms with Crippen molar-refractivity contribution in [3.05, 3.63) is 45.6 Å². The van der Waals surface area contributed by atoms with Crippen LogP contribution < -0.4 is 5.32 Å². The second-order valence-corrected chi connectivity index (χ2v) is 3.47. The van der Waals surface area contributed by atoms with Gasteiger partial charge in [0.05, 0.1) is 4.92 Å². The second kappa shape index (κ2) is 5.94. The largest absolute Gasteiger partial charge is 0.359 e. The molecule has 0 amide bonds. The third kappa shape index (κ3) is 3.38. The average molecular weight is 256 g/mol. The lowest BCUT2D eigenvalue weighted by molar-refractivity contribution is -0.384. The molecule has 1 aromatic carbocycles. The Bertz CT molecular complexity index is 634. The summed E-state index contributed by atoms with van der Waals surface area (Å²) < 4.78 is 0. The smallest absolute Gasteiger partial charge is 0.270 e. The van der Waals surface area contributed by atoms with Gasteiger partial charge in [0, 0.05) is 29.6 Å². The van der Waals surface area contributed by atoms with Crippen LogP contribution in [0.3, 0.4) is 0 Å². The van der Waals surface area contributed by atoms with Crippen LogP contribution in [0.4, 0.5) is 11.4 Å².